The normalized spacial score (nSPS) is 11.6. The number of carbonyl (C=O) groups is 1. The van der Waals surface area contributed by atoms with Gasteiger partial charge in [0.15, 0.2) is 0 Å². The number of aliphatic carboxylic acids is 1. The van der Waals surface area contributed by atoms with E-state index in [4.69, 9.17) is 10.8 Å². The van der Waals surface area contributed by atoms with E-state index in [1.807, 2.05) is 0 Å². The predicted octanol–water partition coefficient (Wildman–Crippen LogP) is 0.907. The van der Waals surface area contributed by atoms with E-state index < -0.39 is 17.8 Å². The van der Waals surface area contributed by atoms with Crippen molar-refractivity contribution in [2.24, 2.45) is 5.73 Å². The highest BCUT2D eigenvalue weighted by atomic mass is 35.5. The number of carboxylic acids is 1. The van der Waals surface area contributed by atoms with Crippen molar-refractivity contribution in [3.8, 4) is 5.75 Å². The Balaban J connectivity index is 0.00000196. The fraction of sp³-hybridized carbons (Fsp3) is 0.222. The molecular formula is C9H11ClFNO3. The maximum atomic E-state index is 13.1. The first-order valence-corrected chi connectivity index (χ1v) is 3.97. The van der Waals surface area contributed by atoms with Gasteiger partial charge in [-0.05, 0) is 12.1 Å². The van der Waals surface area contributed by atoms with Crippen LogP contribution in [0.5, 0.6) is 5.75 Å². The van der Waals surface area contributed by atoms with Crippen molar-refractivity contribution in [3.63, 3.8) is 0 Å². The topological polar surface area (TPSA) is 83.5 Å². The van der Waals surface area contributed by atoms with Crippen LogP contribution in [0.25, 0.3) is 0 Å². The number of phenols is 1. The third kappa shape index (κ3) is 3.38. The van der Waals surface area contributed by atoms with E-state index in [9.17, 15) is 14.3 Å². The summed E-state index contributed by atoms with van der Waals surface area (Å²) >= 11 is 0. The molecule has 1 atom stereocenters. The first-order chi connectivity index (χ1) is 6.52. The van der Waals surface area contributed by atoms with Gasteiger partial charge in [0.1, 0.15) is 17.6 Å². The van der Waals surface area contributed by atoms with E-state index in [0.717, 1.165) is 6.07 Å². The Hall–Kier alpha value is -1.33. The fourth-order valence-corrected chi connectivity index (χ4v) is 1.06. The van der Waals surface area contributed by atoms with E-state index in [1.165, 1.54) is 12.1 Å². The molecule has 0 unspecified atom stereocenters. The molecule has 0 aliphatic carbocycles. The first kappa shape index (κ1) is 13.7. The molecule has 0 fully saturated rings. The summed E-state index contributed by atoms with van der Waals surface area (Å²) in [7, 11) is 0. The molecule has 0 radical (unpaired) electrons. The lowest BCUT2D eigenvalue weighted by Gasteiger charge is -2.08. The molecule has 0 heterocycles. The average molecular weight is 236 g/mol. The Kier molecular flexibility index (Phi) is 5.04. The summed E-state index contributed by atoms with van der Waals surface area (Å²) in [5.41, 5.74) is 5.14. The Labute approximate surface area is 91.9 Å². The van der Waals surface area contributed by atoms with Crippen molar-refractivity contribution in [3.05, 3.63) is 29.6 Å². The molecule has 0 saturated carbocycles. The zero-order valence-corrected chi connectivity index (χ0v) is 8.50. The van der Waals surface area contributed by atoms with Gasteiger partial charge in [0.25, 0.3) is 0 Å². The van der Waals surface area contributed by atoms with Gasteiger partial charge < -0.3 is 15.9 Å². The lowest BCUT2D eigenvalue weighted by molar-refractivity contribution is -0.138. The number of halogens is 2. The number of phenolic OH excluding ortho intramolecular Hbond substituents is 1. The predicted molar refractivity (Wildman–Crippen MR) is 54.6 cm³/mol. The zero-order valence-electron chi connectivity index (χ0n) is 7.68. The van der Waals surface area contributed by atoms with Crippen LogP contribution in [0, 0.1) is 5.82 Å². The highest BCUT2D eigenvalue weighted by Crippen LogP contribution is 2.20. The summed E-state index contributed by atoms with van der Waals surface area (Å²) in [4.78, 5) is 10.4. The minimum Gasteiger partial charge on any atom is -0.508 e. The Bertz CT molecular complexity index is 339. The van der Waals surface area contributed by atoms with Crippen LogP contribution in [0.2, 0.25) is 0 Å². The van der Waals surface area contributed by atoms with Crippen LogP contribution >= 0.6 is 12.4 Å². The van der Waals surface area contributed by atoms with E-state index >= 15 is 0 Å². The van der Waals surface area contributed by atoms with Gasteiger partial charge in [-0.2, -0.15) is 0 Å². The van der Waals surface area contributed by atoms with Crippen molar-refractivity contribution in [2.75, 3.05) is 0 Å². The summed E-state index contributed by atoms with van der Waals surface area (Å²) < 4.78 is 13.1. The van der Waals surface area contributed by atoms with Crippen LogP contribution in [0.3, 0.4) is 0 Å². The highest BCUT2D eigenvalue weighted by Gasteiger charge is 2.17. The van der Waals surface area contributed by atoms with Crippen LogP contribution in [0.15, 0.2) is 18.2 Å². The lowest BCUT2D eigenvalue weighted by Crippen LogP contribution is -2.32. The average Bonchev–Trinajstić information content (AvgIpc) is 2.11. The molecule has 1 rings (SSSR count). The van der Waals surface area contributed by atoms with Gasteiger partial charge in [-0.3, -0.25) is 4.79 Å². The minimum absolute atomic E-state index is 0. The molecule has 0 saturated heterocycles. The second kappa shape index (κ2) is 5.53. The smallest absolute Gasteiger partial charge is 0.320 e. The molecular weight excluding hydrogens is 225 g/mol. The highest BCUT2D eigenvalue weighted by molar-refractivity contribution is 5.85. The summed E-state index contributed by atoms with van der Waals surface area (Å²) in [5, 5.41) is 17.7. The van der Waals surface area contributed by atoms with Gasteiger partial charge in [0.2, 0.25) is 0 Å². The van der Waals surface area contributed by atoms with Gasteiger partial charge in [-0.1, -0.05) is 6.07 Å². The maximum absolute atomic E-state index is 13.1. The monoisotopic (exact) mass is 235 g/mol. The summed E-state index contributed by atoms with van der Waals surface area (Å²) in [6, 6.07) is 2.55. The number of benzene rings is 1. The number of rotatable bonds is 3. The van der Waals surface area contributed by atoms with E-state index in [0.29, 0.717) is 0 Å². The fourth-order valence-electron chi connectivity index (χ4n) is 1.06. The van der Waals surface area contributed by atoms with Crippen molar-refractivity contribution in [2.45, 2.75) is 12.5 Å². The molecule has 0 aliphatic rings. The number of hydrogen-bond donors (Lipinski definition) is 3. The SMILES string of the molecule is Cl.N[C@H](Cc1c(O)cccc1F)C(=O)O. The molecule has 0 spiro atoms. The van der Waals surface area contributed by atoms with Gasteiger partial charge in [-0.15, -0.1) is 12.4 Å². The van der Waals surface area contributed by atoms with E-state index in [-0.39, 0.29) is 30.1 Å². The summed E-state index contributed by atoms with van der Waals surface area (Å²) in [6.45, 7) is 0. The maximum Gasteiger partial charge on any atom is 0.320 e. The molecule has 1 aromatic rings. The Morgan fingerprint density at radius 2 is 2.13 bits per heavy atom. The number of carboxylic acid groups (broad SMARTS) is 1. The second-order valence-corrected chi connectivity index (χ2v) is 2.89. The number of aromatic hydroxyl groups is 1. The van der Waals surface area contributed by atoms with Gasteiger partial charge in [0, 0.05) is 12.0 Å². The van der Waals surface area contributed by atoms with Gasteiger partial charge >= 0.3 is 5.97 Å². The second-order valence-electron chi connectivity index (χ2n) is 2.89. The van der Waals surface area contributed by atoms with E-state index in [2.05, 4.69) is 0 Å². The summed E-state index contributed by atoms with van der Waals surface area (Å²) in [6.07, 6.45) is -0.228. The van der Waals surface area contributed by atoms with Crippen molar-refractivity contribution in [1.82, 2.24) is 0 Å². The molecule has 6 heteroatoms. The van der Waals surface area contributed by atoms with Crippen molar-refractivity contribution < 1.29 is 19.4 Å². The minimum atomic E-state index is -1.23. The molecule has 15 heavy (non-hydrogen) atoms. The molecule has 0 bridgehead atoms. The largest absolute Gasteiger partial charge is 0.508 e. The molecule has 84 valence electrons. The van der Waals surface area contributed by atoms with Crippen molar-refractivity contribution in [1.29, 1.82) is 0 Å². The Morgan fingerprint density at radius 1 is 1.53 bits per heavy atom. The van der Waals surface area contributed by atoms with Gasteiger partial charge in [0.05, 0.1) is 0 Å². The van der Waals surface area contributed by atoms with Crippen LogP contribution in [-0.2, 0) is 11.2 Å². The quantitative estimate of drug-likeness (QED) is 0.727. The summed E-state index contributed by atoms with van der Waals surface area (Å²) in [5.74, 6) is -2.16. The van der Waals surface area contributed by atoms with Crippen LogP contribution in [0.4, 0.5) is 4.39 Å². The van der Waals surface area contributed by atoms with Gasteiger partial charge in [-0.25, -0.2) is 4.39 Å². The molecule has 4 N–H and O–H groups in total. The lowest BCUT2D eigenvalue weighted by atomic mass is 10.1. The van der Waals surface area contributed by atoms with Crippen LogP contribution < -0.4 is 5.73 Å². The number of hydrogen-bond acceptors (Lipinski definition) is 3. The standard InChI is InChI=1S/C9H10FNO3.ClH/c10-6-2-1-3-8(12)5(6)4-7(11)9(13)14;/h1-3,7,12H,4,11H2,(H,13,14);1H/t7-;/m1./s1. The van der Waals surface area contributed by atoms with Crippen molar-refractivity contribution >= 4 is 18.4 Å². The van der Waals surface area contributed by atoms with Crippen LogP contribution in [0.1, 0.15) is 5.56 Å². The van der Waals surface area contributed by atoms with Crippen LogP contribution in [-0.4, -0.2) is 22.2 Å². The van der Waals surface area contributed by atoms with E-state index in [1.54, 1.807) is 0 Å². The zero-order chi connectivity index (χ0) is 10.7. The molecule has 0 amide bonds. The first-order valence-electron chi connectivity index (χ1n) is 3.97. The number of nitrogens with two attached hydrogens (primary N) is 1. The molecule has 0 aliphatic heterocycles. The third-order valence-corrected chi connectivity index (χ3v) is 1.84. The Morgan fingerprint density at radius 3 is 2.60 bits per heavy atom. The third-order valence-electron chi connectivity index (χ3n) is 1.84. The molecule has 0 aromatic heterocycles. The molecule has 1 aromatic carbocycles. The molecule has 4 nitrogen and oxygen atoms in total.